The number of pyridine rings is 1. The zero-order valence-electron chi connectivity index (χ0n) is 12.3. The fourth-order valence-electron chi connectivity index (χ4n) is 3.86. The number of Topliss-reactive ketones (excluding diaryl/α,β-unsaturated/α-hetero) is 1. The Bertz CT molecular complexity index is 908. The molecule has 0 amide bonds. The number of nitrogens with zero attached hydrogens (tertiary/aromatic N) is 2. The summed E-state index contributed by atoms with van der Waals surface area (Å²) in [7, 11) is 0. The van der Waals surface area contributed by atoms with Crippen LogP contribution in [0.3, 0.4) is 0 Å². The van der Waals surface area contributed by atoms with Crippen molar-refractivity contribution in [1.29, 1.82) is 5.26 Å². The van der Waals surface area contributed by atoms with Crippen molar-refractivity contribution in [1.82, 2.24) is 4.98 Å². The molecular weight excluding hydrogens is 334 g/mol. The molecule has 0 radical (unpaired) electrons. The lowest BCUT2D eigenvalue weighted by atomic mass is 9.92. The Balaban J connectivity index is 1.61. The zero-order valence-corrected chi connectivity index (χ0v) is 13.1. The number of halogens is 3. The van der Waals surface area contributed by atoms with Gasteiger partial charge < -0.3 is 0 Å². The van der Waals surface area contributed by atoms with Gasteiger partial charge in [0, 0.05) is 17.0 Å². The maximum Gasteiger partial charge on any atom is 0.160 e. The van der Waals surface area contributed by atoms with E-state index in [1.54, 1.807) is 6.07 Å². The predicted molar refractivity (Wildman–Crippen MR) is 82.4 cm³/mol. The maximum absolute atomic E-state index is 13.9. The van der Waals surface area contributed by atoms with Crippen LogP contribution in [0.5, 0.6) is 0 Å². The second-order valence-electron chi connectivity index (χ2n) is 6.25. The maximum atomic E-state index is 13.9. The van der Waals surface area contributed by atoms with Crippen LogP contribution >= 0.6 is 11.6 Å². The highest BCUT2D eigenvalue weighted by Gasteiger charge is 2.60. The number of nitriles is 1. The molecule has 120 valence electrons. The normalized spacial score (nSPS) is 24.7. The van der Waals surface area contributed by atoms with Crippen LogP contribution in [0.4, 0.5) is 8.78 Å². The molecule has 2 aliphatic rings. The Hall–Kier alpha value is -2.32. The standard InChI is InChI=1S/C18H11ClF2N2O/c19-9-1-2-11-8(3-9)4-12-15(11)16(12)18(24)13(6-22)17-14(21)5-10(20)7-23-17/h1-3,5,7,12-13,15-16H,4H2. The highest BCUT2D eigenvalue weighted by Crippen LogP contribution is 2.62. The number of carbonyl (C=O) groups is 1. The Morgan fingerprint density at radius 1 is 1.38 bits per heavy atom. The summed E-state index contributed by atoms with van der Waals surface area (Å²) in [6.07, 6.45) is 1.55. The van der Waals surface area contributed by atoms with Crippen LogP contribution in [0.15, 0.2) is 30.5 Å². The Morgan fingerprint density at radius 2 is 2.17 bits per heavy atom. The summed E-state index contributed by atoms with van der Waals surface area (Å²) in [4.78, 5) is 16.3. The van der Waals surface area contributed by atoms with Crippen molar-refractivity contribution in [2.24, 2.45) is 11.8 Å². The van der Waals surface area contributed by atoms with Gasteiger partial charge in [-0.1, -0.05) is 17.7 Å². The van der Waals surface area contributed by atoms with Gasteiger partial charge in [0.2, 0.25) is 0 Å². The smallest absolute Gasteiger partial charge is 0.160 e. The molecular formula is C18H11ClF2N2O. The molecule has 2 aliphatic carbocycles. The number of carbonyl (C=O) groups excluding carboxylic acids is 1. The zero-order chi connectivity index (χ0) is 17.0. The minimum Gasteiger partial charge on any atom is -0.297 e. The third kappa shape index (κ3) is 2.22. The number of hydrogen-bond donors (Lipinski definition) is 0. The number of rotatable bonds is 3. The molecule has 24 heavy (non-hydrogen) atoms. The van der Waals surface area contributed by atoms with Crippen molar-refractivity contribution in [3.05, 3.63) is 63.9 Å². The van der Waals surface area contributed by atoms with Gasteiger partial charge in [0.1, 0.15) is 23.2 Å². The van der Waals surface area contributed by atoms with Gasteiger partial charge >= 0.3 is 0 Å². The van der Waals surface area contributed by atoms with E-state index in [1.165, 1.54) is 0 Å². The van der Waals surface area contributed by atoms with Crippen LogP contribution in [0, 0.1) is 34.8 Å². The summed E-state index contributed by atoms with van der Waals surface area (Å²) in [5.41, 5.74) is 1.90. The second kappa shape index (κ2) is 5.35. The average Bonchev–Trinajstić information content (AvgIpc) is 3.12. The molecule has 3 nitrogen and oxygen atoms in total. The quantitative estimate of drug-likeness (QED) is 0.851. The van der Waals surface area contributed by atoms with Gasteiger partial charge in [0.05, 0.1) is 12.3 Å². The second-order valence-corrected chi connectivity index (χ2v) is 6.68. The van der Waals surface area contributed by atoms with Crippen LogP contribution in [0.1, 0.15) is 28.7 Å². The number of fused-ring (bicyclic) bond motifs is 3. The summed E-state index contributed by atoms with van der Waals surface area (Å²) >= 11 is 5.98. The molecule has 0 bridgehead atoms. The van der Waals surface area contributed by atoms with Crippen LogP contribution in [-0.4, -0.2) is 10.8 Å². The molecule has 0 aliphatic heterocycles. The van der Waals surface area contributed by atoms with E-state index in [4.69, 9.17) is 11.6 Å². The molecule has 4 unspecified atom stereocenters. The first-order valence-electron chi connectivity index (χ1n) is 7.54. The molecule has 4 rings (SSSR count). The van der Waals surface area contributed by atoms with Gasteiger partial charge in [-0.05, 0) is 41.5 Å². The lowest BCUT2D eigenvalue weighted by Crippen LogP contribution is -2.18. The van der Waals surface area contributed by atoms with Crippen molar-refractivity contribution in [2.45, 2.75) is 18.3 Å². The molecule has 1 fully saturated rings. The first kappa shape index (κ1) is 15.2. The van der Waals surface area contributed by atoms with E-state index >= 15 is 0 Å². The molecule has 4 atom stereocenters. The van der Waals surface area contributed by atoms with Crippen molar-refractivity contribution in [3.8, 4) is 6.07 Å². The minimum absolute atomic E-state index is 0.0594. The van der Waals surface area contributed by atoms with Crippen LogP contribution in [0.25, 0.3) is 0 Å². The molecule has 0 saturated heterocycles. The minimum atomic E-state index is -1.31. The topological polar surface area (TPSA) is 53.8 Å². The van der Waals surface area contributed by atoms with E-state index in [9.17, 15) is 18.8 Å². The SMILES string of the molecule is N#CC(C(=O)C1C2Cc3cc(Cl)ccc3C21)c1ncc(F)cc1F. The van der Waals surface area contributed by atoms with Gasteiger partial charge in [0.25, 0.3) is 0 Å². The average molecular weight is 345 g/mol. The van der Waals surface area contributed by atoms with Gasteiger partial charge in [-0.15, -0.1) is 0 Å². The van der Waals surface area contributed by atoms with E-state index in [0.29, 0.717) is 11.1 Å². The highest BCUT2D eigenvalue weighted by atomic mass is 35.5. The summed E-state index contributed by atoms with van der Waals surface area (Å²) in [6.45, 7) is 0. The van der Waals surface area contributed by atoms with E-state index < -0.39 is 17.6 Å². The summed E-state index contributed by atoms with van der Waals surface area (Å²) in [5, 5.41) is 9.98. The van der Waals surface area contributed by atoms with Gasteiger partial charge in [-0.25, -0.2) is 8.78 Å². The van der Waals surface area contributed by atoms with Crippen molar-refractivity contribution < 1.29 is 13.6 Å². The van der Waals surface area contributed by atoms with Gasteiger partial charge in [0.15, 0.2) is 5.78 Å². The van der Waals surface area contributed by atoms with Gasteiger partial charge in [-0.3, -0.25) is 9.78 Å². The van der Waals surface area contributed by atoms with Crippen LogP contribution < -0.4 is 0 Å². The number of hydrogen-bond acceptors (Lipinski definition) is 3. The molecule has 1 saturated carbocycles. The molecule has 6 heteroatoms. The fraction of sp³-hybridized carbons (Fsp3) is 0.278. The predicted octanol–water partition coefficient (Wildman–Crippen LogP) is 3.78. The van der Waals surface area contributed by atoms with Gasteiger partial charge in [-0.2, -0.15) is 5.26 Å². The summed E-state index contributed by atoms with van der Waals surface area (Å²) in [6, 6.07) is 8.06. The Labute approximate surface area is 141 Å². The van der Waals surface area contributed by atoms with Crippen molar-refractivity contribution >= 4 is 17.4 Å². The molecule has 1 aromatic heterocycles. The monoisotopic (exact) mass is 344 g/mol. The number of ketones is 1. The molecule has 0 spiro atoms. The van der Waals surface area contributed by atoms with E-state index in [2.05, 4.69) is 4.98 Å². The number of benzene rings is 1. The Kier molecular flexibility index (Phi) is 3.40. The Morgan fingerprint density at radius 3 is 2.88 bits per heavy atom. The van der Waals surface area contributed by atoms with Crippen molar-refractivity contribution in [3.63, 3.8) is 0 Å². The molecule has 0 N–H and O–H groups in total. The lowest BCUT2D eigenvalue weighted by molar-refractivity contribution is -0.121. The van der Waals surface area contributed by atoms with E-state index in [0.717, 1.165) is 23.7 Å². The molecule has 1 aromatic carbocycles. The van der Waals surface area contributed by atoms with Crippen LogP contribution in [0.2, 0.25) is 5.02 Å². The highest BCUT2D eigenvalue weighted by molar-refractivity contribution is 6.30. The van der Waals surface area contributed by atoms with Crippen LogP contribution in [-0.2, 0) is 11.2 Å². The molecule has 2 aromatic rings. The number of aromatic nitrogens is 1. The third-order valence-corrected chi connectivity index (χ3v) is 5.18. The summed E-state index contributed by atoms with van der Waals surface area (Å²) in [5.74, 6) is -3.57. The van der Waals surface area contributed by atoms with Crippen molar-refractivity contribution in [2.75, 3.05) is 0 Å². The molecule has 1 heterocycles. The first-order valence-corrected chi connectivity index (χ1v) is 7.91. The summed E-state index contributed by atoms with van der Waals surface area (Å²) < 4.78 is 26.9. The lowest BCUT2D eigenvalue weighted by Gasteiger charge is -2.11. The largest absolute Gasteiger partial charge is 0.297 e. The van der Waals surface area contributed by atoms with E-state index in [-0.39, 0.29) is 29.2 Å². The fourth-order valence-corrected chi connectivity index (χ4v) is 4.05. The third-order valence-electron chi connectivity index (χ3n) is 4.94. The first-order chi connectivity index (χ1) is 11.5. The van der Waals surface area contributed by atoms with E-state index in [1.807, 2.05) is 18.2 Å².